The number of hydrogen-bond donors (Lipinski definition) is 2. The number of carboxylic acids is 1. The second-order valence-corrected chi connectivity index (χ2v) is 13.3. The number of ketones is 2. The van der Waals surface area contributed by atoms with Crippen LogP contribution in [0.3, 0.4) is 0 Å². The molecule has 0 atom stereocenters. The zero-order chi connectivity index (χ0) is 35.7. The average Bonchev–Trinajstić information content (AvgIpc) is 3.18. The highest BCUT2D eigenvalue weighted by atomic mass is 35.5. The van der Waals surface area contributed by atoms with Crippen LogP contribution in [0.2, 0.25) is 0 Å². The SMILES string of the molecule is CC(=O)c1ccc2c(c1)CCN(c1ccccc1)C2.CC(=O)c1ccc2c(c1)CCNC2.Cl.O=C(O)c1ccc2c(c1)CCN(c1ccccc1)C2. The van der Waals surface area contributed by atoms with Gasteiger partial charge in [-0.15, -0.1) is 12.4 Å². The summed E-state index contributed by atoms with van der Waals surface area (Å²) in [6.07, 6.45) is 2.94. The first-order chi connectivity index (χ1) is 24.7. The third-order valence-corrected chi connectivity index (χ3v) is 9.83. The van der Waals surface area contributed by atoms with E-state index in [1.807, 2.05) is 48.5 Å². The number of anilines is 2. The Kier molecular flexibility index (Phi) is 13.0. The summed E-state index contributed by atoms with van der Waals surface area (Å²) in [5.74, 6) is -0.553. The van der Waals surface area contributed by atoms with E-state index in [4.69, 9.17) is 5.11 Å². The van der Waals surface area contributed by atoms with Crippen LogP contribution >= 0.6 is 12.4 Å². The van der Waals surface area contributed by atoms with E-state index in [0.717, 1.165) is 75.2 Å². The van der Waals surface area contributed by atoms with Crippen molar-refractivity contribution in [3.63, 3.8) is 0 Å². The van der Waals surface area contributed by atoms with Crippen molar-refractivity contribution in [1.29, 1.82) is 0 Å². The topological polar surface area (TPSA) is 90.0 Å². The number of para-hydroxylation sites is 2. The highest BCUT2D eigenvalue weighted by Crippen LogP contribution is 2.26. The van der Waals surface area contributed by atoms with Crippen LogP contribution in [0.5, 0.6) is 0 Å². The zero-order valence-corrected chi connectivity index (χ0v) is 30.6. The third kappa shape index (κ3) is 9.55. The molecule has 3 aliphatic rings. The summed E-state index contributed by atoms with van der Waals surface area (Å²) < 4.78 is 0. The number of nitrogens with zero attached hydrogens (tertiary/aromatic N) is 2. The number of Topliss-reactive ketones (excluding diaryl/α,β-unsaturated/α-hetero) is 2. The maximum atomic E-state index is 11.4. The molecule has 0 saturated heterocycles. The van der Waals surface area contributed by atoms with Crippen LogP contribution in [0.15, 0.2) is 115 Å². The molecule has 8 heteroatoms. The van der Waals surface area contributed by atoms with Crippen molar-refractivity contribution in [3.05, 3.63) is 165 Å². The van der Waals surface area contributed by atoms with Gasteiger partial charge in [0.25, 0.3) is 0 Å². The van der Waals surface area contributed by atoms with E-state index in [0.29, 0.717) is 5.56 Å². The van der Waals surface area contributed by atoms with Gasteiger partial charge in [-0.1, -0.05) is 66.7 Å². The molecule has 5 aromatic rings. The van der Waals surface area contributed by atoms with Crippen molar-refractivity contribution in [2.75, 3.05) is 29.4 Å². The number of fused-ring (bicyclic) bond motifs is 3. The Bertz CT molecular complexity index is 1900. The van der Waals surface area contributed by atoms with E-state index in [-0.39, 0.29) is 24.0 Å². The lowest BCUT2D eigenvalue weighted by Crippen LogP contribution is -2.30. The Morgan fingerprint density at radius 1 is 0.538 bits per heavy atom. The van der Waals surface area contributed by atoms with Crippen molar-refractivity contribution >= 4 is 41.3 Å². The van der Waals surface area contributed by atoms with Gasteiger partial charge in [0.2, 0.25) is 0 Å². The first-order valence-corrected chi connectivity index (χ1v) is 17.7. The molecule has 0 aromatic heterocycles. The number of aromatic carboxylic acids is 1. The quantitative estimate of drug-likeness (QED) is 0.177. The largest absolute Gasteiger partial charge is 0.478 e. The first-order valence-electron chi connectivity index (χ1n) is 17.7. The fourth-order valence-corrected chi connectivity index (χ4v) is 6.87. The van der Waals surface area contributed by atoms with E-state index in [1.54, 1.807) is 26.0 Å². The van der Waals surface area contributed by atoms with Gasteiger partial charge in [0, 0.05) is 55.2 Å². The second kappa shape index (κ2) is 17.8. The second-order valence-electron chi connectivity index (χ2n) is 13.3. The minimum Gasteiger partial charge on any atom is -0.478 e. The smallest absolute Gasteiger partial charge is 0.335 e. The fourth-order valence-electron chi connectivity index (χ4n) is 6.87. The van der Waals surface area contributed by atoms with Gasteiger partial charge in [0.05, 0.1) is 5.56 Å². The van der Waals surface area contributed by atoms with Crippen LogP contribution in [-0.2, 0) is 38.9 Å². The van der Waals surface area contributed by atoms with Crippen LogP contribution in [0.1, 0.15) is 78.3 Å². The number of halogens is 1. The van der Waals surface area contributed by atoms with Crippen LogP contribution < -0.4 is 15.1 Å². The molecular formula is C44H46ClN3O4. The summed E-state index contributed by atoms with van der Waals surface area (Å²) in [7, 11) is 0. The van der Waals surface area contributed by atoms with Gasteiger partial charge in [-0.25, -0.2) is 4.79 Å². The van der Waals surface area contributed by atoms with Gasteiger partial charge < -0.3 is 20.2 Å². The molecule has 7 nitrogen and oxygen atoms in total. The standard InChI is InChI=1S/C17H17NO.C16H15NO2.C11H13NO.ClH/c1-13(19)14-7-8-16-12-18(10-9-15(16)11-14)17-5-3-2-4-6-17;18-16(19)13-6-7-14-11-17(9-8-12(14)10-13)15-4-2-1-3-5-15;1-8(13)9-2-3-11-7-12-5-4-10(11)6-9;/h2-8,11H,9-10,12H2,1H3;1-7,10H,8-9,11H2,(H,18,19);2-3,6,12H,4-5,7H2,1H3;1H. The number of carboxylic acid groups (broad SMARTS) is 1. The van der Waals surface area contributed by atoms with Crippen LogP contribution in [0.25, 0.3) is 0 Å². The predicted octanol–water partition coefficient (Wildman–Crippen LogP) is 8.36. The molecule has 8 rings (SSSR count). The molecular weight excluding hydrogens is 670 g/mol. The lowest BCUT2D eigenvalue weighted by molar-refractivity contribution is 0.0696. The third-order valence-electron chi connectivity index (χ3n) is 9.83. The highest BCUT2D eigenvalue weighted by molar-refractivity contribution is 5.95. The Hall–Kier alpha value is -5.24. The molecule has 268 valence electrons. The van der Waals surface area contributed by atoms with Crippen molar-refractivity contribution in [2.45, 2.75) is 52.7 Å². The molecule has 5 aromatic carbocycles. The maximum absolute atomic E-state index is 11.4. The molecule has 0 saturated carbocycles. The number of hydrogen-bond acceptors (Lipinski definition) is 6. The molecule has 3 heterocycles. The fraction of sp³-hybridized carbons (Fsp3) is 0.250. The molecule has 3 aliphatic heterocycles. The van der Waals surface area contributed by atoms with Gasteiger partial charge in [0.1, 0.15) is 0 Å². The Labute approximate surface area is 312 Å². The van der Waals surface area contributed by atoms with Crippen molar-refractivity contribution < 1.29 is 19.5 Å². The lowest BCUT2D eigenvalue weighted by atomic mass is 9.96. The van der Waals surface area contributed by atoms with Crippen LogP contribution in [0.4, 0.5) is 11.4 Å². The van der Waals surface area contributed by atoms with E-state index in [2.05, 4.69) is 69.7 Å². The van der Waals surface area contributed by atoms with Crippen molar-refractivity contribution in [1.82, 2.24) is 5.32 Å². The van der Waals surface area contributed by atoms with Crippen LogP contribution in [-0.4, -0.2) is 42.3 Å². The average molecular weight is 716 g/mol. The highest BCUT2D eigenvalue weighted by Gasteiger charge is 2.19. The molecule has 0 unspecified atom stereocenters. The Morgan fingerprint density at radius 2 is 0.962 bits per heavy atom. The predicted molar refractivity (Wildman–Crippen MR) is 211 cm³/mol. The lowest BCUT2D eigenvalue weighted by Gasteiger charge is -2.31. The molecule has 0 radical (unpaired) electrons. The number of rotatable bonds is 5. The van der Waals surface area contributed by atoms with Crippen LogP contribution in [0, 0.1) is 0 Å². The van der Waals surface area contributed by atoms with E-state index in [9.17, 15) is 14.4 Å². The summed E-state index contributed by atoms with van der Waals surface area (Å²) in [6.45, 7) is 8.92. The Balaban J connectivity index is 0.000000152. The van der Waals surface area contributed by atoms with Gasteiger partial charge in [-0.2, -0.15) is 0 Å². The maximum Gasteiger partial charge on any atom is 0.335 e. The molecule has 2 N–H and O–H groups in total. The number of nitrogens with one attached hydrogen (secondary N) is 1. The zero-order valence-electron chi connectivity index (χ0n) is 29.8. The van der Waals surface area contributed by atoms with Gasteiger partial charge in [-0.3, -0.25) is 9.59 Å². The molecule has 52 heavy (non-hydrogen) atoms. The van der Waals surface area contributed by atoms with Crippen molar-refractivity contribution in [2.24, 2.45) is 0 Å². The Morgan fingerprint density at radius 3 is 1.42 bits per heavy atom. The van der Waals surface area contributed by atoms with Gasteiger partial charge in [0.15, 0.2) is 11.6 Å². The minimum absolute atomic E-state index is 0. The van der Waals surface area contributed by atoms with Crippen molar-refractivity contribution in [3.8, 4) is 0 Å². The molecule has 0 fully saturated rings. The number of benzene rings is 5. The summed E-state index contributed by atoms with van der Waals surface area (Å²) in [6, 6.07) is 38.3. The summed E-state index contributed by atoms with van der Waals surface area (Å²) in [5, 5.41) is 12.3. The summed E-state index contributed by atoms with van der Waals surface area (Å²) in [4.78, 5) is 38.2. The molecule has 0 amide bonds. The monoisotopic (exact) mass is 715 g/mol. The summed E-state index contributed by atoms with van der Waals surface area (Å²) >= 11 is 0. The summed E-state index contributed by atoms with van der Waals surface area (Å²) in [5.41, 5.74) is 12.2. The molecule has 0 bridgehead atoms. The van der Waals surface area contributed by atoms with Gasteiger partial charge >= 0.3 is 5.97 Å². The van der Waals surface area contributed by atoms with E-state index in [1.165, 1.54) is 39.2 Å². The van der Waals surface area contributed by atoms with Gasteiger partial charge in [-0.05, 0) is 122 Å². The number of carbonyl (C=O) groups excluding carboxylic acids is 2. The first kappa shape index (κ1) is 38.0. The van der Waals surface area contributed by atoms with E-state index < -0.39 is 5.97 Å². The normalized spacial score (nSPS) is 14.0. The molecule has 0 aliphatic carbocycles. The molecule has 0 spiro atoms. The minimum atomic E-state index is -0.853. The van der Waals surface area contributed by atoms with E-state index >= 15 is 0 Å². The number of carbonyl (C=O) groups is 3.